The van der Waals surface area contributed by atoms with E-state index in [1.54, 1.807) is 0 Å². The van der Waals surface area contributed by atoms with E-state index in [0.717, 1.165) is 24.8 Å². The average molecular weight is 289 g/mol. The number of alkyl carbamates (subject to hydrolysis) is 1. The molecule has 0 spiro atoms. The molecule has 1 aromatic rings. The maximum atomic E-state index is 12.0. The number of nitrogens with one attached hydrogen (secondary N) is 1. The number of carbonyl (C=O) groups excluding carboxylic acids is 2. The number of carbonyl (C=O) groups is 2. The van der Waals surface area contributed by atoms with Gasteiger partial charge in [0, 0.05) is 6.42 Å². The smallest absolute Gasteiger partial charge is 0.408 e. The molecule has 1 amide bonds. The van der Waals surface area contributed by atoms with Crippen LogP contribution in [-0.4, -0.2) is 23.7 Å². The summed E-state index contributed by atoms with van der Waals surface area (Å²) < 4.78 is 10.6. The van der Waals surface area contributed by atoms with Crippen molar-refractivity contribution in [2.75, 3.05) is 0 Å². The Morgan fingerprint density at radius 3 is 2.95 bits per heavy atom. The van der Waals surface area contributed by atoms with Crippen LogP contribution in [0.2, 0.25) is 0 Å². The summed E-state index contributed by atoms with van der Waals surface area (Å²) in [6, 6.07) is 9.55. The zero-order valence-electron chi connectivity index (χ0n) is 11.8. The highest BCUT2D eigenvalue weighted by Gasteiger charge is 2.49. The molecule has 1 saturated heterocycles. The quantitative estimate of drug-likeness (QED) is 0.868. The number of hydrogen-bond donors (Lipinski definition) is 1. The highest BCUT2D eigenvalue weighted by atomic mass is 16.6. The monoisotopic (exact) mass is 289 g/mol. The number of rotatable bonds is 3. The summed E-state index contributed by atoms with van der Waals surface area (Å²) in [5.74, 6) is -0.169. The minimum atomic E-state index is -0.441. The maximum absolute atomic E-state index is 12.0. The van der Waals surface area contributed by atoms with Gasteiger partial charge in [-0.05, 0) is 31.2 Å². The fraction of sp³-hybridized carbons (Fsp3) is 0.500. The SMILES string of the molecule is O=C1CC[C@]2(NC(=O)OCc3ccccc3)CCC[C@@H]2O1. The molecule has 1 saturated carbocycles. The highest BCUT2D eigenvalue weighted by molar-refractivity contribution is 5.73. The third-order valence-corrected chi connectivity index (χ3v) is 4.32. The van der Waals surface area contributed by atoms with E-state index in [1.165, 1.54) is 0 Å². The Bertz CT molecular complexity index is 530. The first-order valence-electron chi connectivity index (χ1n) is 7.36. The van der Waals surface area contributed by atoms with Crippen molar-refractivity contribution < 1.29 is 19.1 Å². The lowest BCUT2D eigenvalue weighted by Crippen LogP contribution is -2.57. The Morgan fingerprint density at radius 2 is 2.14 bits per heavy atom. The van der Waals surface area contributed by atoms with E-state index in [4.69, 9.17) is 9.47 Å². The van der Waals surface area contributed by atoms with Gasteiger partial charge in [-0.3, -0.25) is 4.79 Å². The highest BCUT2D eigenvalue weighted by Crippen LogP contribution is 2.39. The molecule has 21 heavy (non-hydrogen) atoms. The van der Waals surface area contributed by atoms with Crippen molar-refractivity contribution in [2.45, 2.75) is 50.4 Å². The molecule has 2 aliphatic rings. The Hall–Kier alpha value is -2.04. The summed E-state index contributed by atoms with van der Waals surface area (Å²) in [5.41, 5.74) is 0.519. The molecule has 112 valence electrons. The van der Waals surface area contributed by atoms with E-state index < -0.39 is 11.6 Å². The van der Waals surface area contributed by atoms with Gasteiger partial charge in [0.05, 0.1) is 5.54 Å². The molecule has 0 aromatic heterocycles. The van der Waals surface area contributed by atoms with Crippen LogP contribution in [0.25, 0.3) is 0 Å². The Balaban J connectivity index is 1.57. The minimum absolute atomic E-state index is 0.169. The number of hydrogen-bond acceptors (Lipinski definition) is 4. The standard InChI is InChI=1S/C16H19NO4/c18-14-8-10-16(9-4-7-13(16)21-14)17-15(19)20-11-12-5-2-1-3-6-12/h1-3,5-6,13H,4,7-11H2,(H,17,19)/t13-,16+/m0/s1. The van der Waals surface area contributed by atoms with E-state index in [9.17, 15) is 9.59 Å². The molecular weight excluding hydrogens is 270 g/mol. The average Bonchev–Trinajstić information content (AvgIpc) is 2.89. The molecule has 3 rings (SSSR count). The minimum Gasteiger partial charge on any atom is -0.460 e. The fourth-order valence-electron chi connectivity index (χ4n) is 3.21. The summed E-state index contributed by atoms with van der Waals surface area (Å²) in [6.07, 6.45) is 2.95. The molecule has 2 atom stereocenters. The van der Waals surface area contributed by atoms with Crippen LogP contribution in [0.3, 0.4) is 0 Å². The van der Waals surface area contributed by atoms with Crippen molar-refractivity contribution in [1.82, 2.24) is 5.32 Å². The van der Waals surface area contributed by atoms with E-state index in [0.29, 0.717) is 12.8 Å². The fourth-order valence-corrected chi connectivity index (χ4v) is 3.21. The van der Waals surface area contributed by atoms with Gasteiger partial charge in [0.25, 0.3) is 0 Å². The first kappa shape index (κ1) is 13.9. The van der Waals surface area contributed by atoms with Crippen molar-refractivity contribution in [1.29, 1.82) is 0 Å². The number of benzene rings is 1. The van der Waals surface area contributed by atoms with Crippen LogP contribution >= 0.6 is 0 Å². The number of fused-ring (bicyclic) bond motifs is 1. The molecule has 0 unspecified atom stereocenters. The van der Waals surface area contributed by atoms with Gasteiger partial charge in [0.2, 0.25) is 0 Å². The molecule has 2 fully saturated rings. The lowest BCUT2D eigenvalue weighted by atomic mass is 9.87. The Labute approximate surface area is 123 Å². The van der Waals surface area contributed by atoms with Gasteiger partial charge in [-0.15, -0.1) is 0 Å². The molecule has 1 aliphatic carbocycles. The predicted molar refractivity (Wildman–Crippen MR) is 75.5 cm³/mol. The second-order valence-corrected chi connectivity index (χ2v) is 5.71. The Morgan fingerprint density at radius 1 is 1.33 bits per heavy atom. The molecule has 1 aliphatic heterocycles. The van der Waals surface area contributed by atoms with Crippen LogP contribution in [0.15, 0.2) is 30.3 Å². The first-order chi connectivity index (χ1) is 10.2. The lowest BCUT2D eigenvalue weighted by Gasteiger charge is -2.38. The van der Waals surface area contributed by atoms with Crippen LogP contribution in [0.4, 0.5) is 4.79 Å². The molecule has 0 radical (unpaired) electrons. The van der Waals surface area contributed by atoms with Crippen molar-refractivity contribution in [3.8, 4) is 0 Å². The molecule has 0 bridgehead atoms. The van der Waals surface area contributed by atoms with Gasteiger partial charge in [0.15, 0.2) is 0 Å². The summed E-state index contributed by atoms with van der Waals surface area (Å²) in [4.78, 5) is 23.4. The van der Waals surface area contributed by atoms with Crippen LogP contribution in [-0.2, 0) is 20.9 Å². The maximum Gasteiger partial charge on any atom is 0.408 e. The summed E-state index contributed by atoms with van der Waals surface area (Å²) >= 11 is 0. The van der Waals surface area contributed by atoms with Crippen LogP contribution in [0, 0.1) is 0 Å². The zero-order valence-corrected chi connectivity index (χ0v) is 11.8. The molecule has 1 N–H and O–H groups in total. The summed E-state index contributed by atoms with van der Waals surface area (Å²) in [6.45, 7) is 0.243. The normalized spacial score (nSPS) is 27.6. The molecular formula is C16H19NO4. The van der Waals surface area contributed by atoms with E-state index in [1.807, 2.05) is 30.3 Å². The van der Waals surface area contributed by atoms with Gasteiger partial charge >= 0.3 is 12.1 Å². The van der Waals surface area contributed by atoms with Crippen LogP contribution < -0.4 is 5.32 Å². The lowest BCUT2D eigenvalue weighted by molar-refractivity contribution is -0.159. The van der Waals surface area contributed by atoms with Gasteiger partial charge in [-0.1, -0.05) is 30.3 Å². The molecule has 5 nitrogen and oxygen atoms in total. The number of ether oxygens (including phenoxy) is 2. The largest absolute Gasteiger partial charge is 0.460 e. The van der Waals surface area contributed by atoms with Gasteiger partial charge in [-0.25, -0.2) is 4.79 Å². The number of esters is 1. The molecule has 5 heteroatoms. The Kier molecular flexibility index (Phi) is 3.82. The van der Waals surface area contributed by atoms with Crippen LogP contribution in [0.1, 0.15) is 37.7 Å². The van der Waals surface area contributed by atoms with Crippen molar-refractivity contribution >= 4 is 12.1 Å². The van der Waals surface area contributed by atoms with Crippen molar-refractivity contribution in [2.24, 2.45) is 0 Å². The molecule has 1 heterocycles. The van der Waals surface area contributed by atoms with E-state index >= 15 is 0 Å². The van der Waals surface area contributed by atoms with Gasteiger partial charge in [-0.2, -0.15) is 0 Å². The topological polar surface area (TPSA) is 64.6 Å². The van der Waals surface area contributed by atoms with Crippen LogP contribution in [0.5, 0.6) is 0 Å². The zero-order chi connectivity index (χ0) is 14.7. The predicted octanol–water partition coefficient (Wildman–Crippen LogP) is 2.54. The molecule has 1 aromatic carbocycles. The first-order valence-corrected chi connectivity index (χ1v) is 7.36. The van der Waals surface area contributed by atoms with E-state index in [2.05, 4.69) is 5.32 Å². The van der Waals surface area contributed by atoms with Gasteiger partial charge < -0.3 is 14.8 Å². The third kappa shape index (κ3) is 3.01. The van der Waals surface area contributed by atoms with Gasteiger partial charge in [0.1, 0.15) is 12.7 Å². The van der Waals surface area contributed by atoms with E-state index in [-0.39, 0.29) is 18.7 Å². The van der Waals surface area contributed by atoms with Crippen molar-refractivity contribution in [3.63, 3.8) is 0 Å². The summed E-state index contributed by atoms with van der Waals surface area (Å²) in [5, 5.41) is 2.95. The second kappa shape index (κ2) is 5.76. The second-order valence-electron chi connectivity index (χ2n) is 5.71. The third-order valence-electron chi connectivity index (χ3n) is 4.32. The summed E-state index contributed by atoms with van der Waals surface area (Å²) in [7, 11) is 0. The van der Waals surface area contributed by atoms with Crippen molar-refractivity contribution in [3.05, 3.63) is 35.9 Å². The number of amides is 1.